The molecule has 11 heavy (non-hydrogen) atoms. The maximum atomic E-state index is 12.5. The van der Waals surface area contributed by atoms with E-state index >= 15 is 0 Å². The minimum absolute atomic E-state index is 0.0802. The predicted octanol–water partition coefficient (Wildman–Crippen LogP) is 1.18. The second-order valence-electron chi connectivity index (χ2n) is 2.59. The monoisotopic (exact) mass is 180 g/mol. The van der Waals surface area contributed by atoms with Gasteiger partial charge in [0.1, 0.15) is 0 Å². The van der Waals surface area contributed by atoms with Crippen LogP contribution in [0.3, 0.4) is 0 Å². The summed E-state index contributed by atoms with van der Waals surface area (Å²) in [5.41, 5.74) is 4.05. The van der Waals surface area contributed by atoms with E-state index in [1.165, 1.54) is 5.49 Å². The number of alkyl halides is 2. The second-order valence-corrected chi connectivity index (χ2v) is 2.83. The summed E-state index contributed by atoms with van der Waals surface area (Å²) in [6.07, 6.45) is -0.160. The van der Waals surface area contributed by atoms with E-state index in [2.05, 4.69) is 17.6 Å². The Morgan fingerprint density at radius 1 is 1.36 bits per heavy atom. The fraction of sp³-hybridized carbons (Fsp3) is 0.833. The van der Waals surface area contributed by atoms with Gasteiger partial charge in [-0.05, 0) is 0 Å². The summed E-state index contributed by atoms with van der Waals surface area (Å²) in [5.74, 6) is -2.47. The van der Waals surface area contributed by atoms with E-state index in [1.54, 1.807) is 5.01 Å². The minimum Gasteiger partial charge on any atom is -0.315 e. The Kier molecular flexibility index (Phi) is 2.72. The molecule has 0 aromatic heterocycles. The van der Waals surface area contributed by atoms with Gasteiger partial charge < -0.3 is 5.43 Å². The Balaban J connectivity index is 2.30. The van der Waals surface area contributed by atoms with Gasteiger partial charge in [-0.15, -0.1) is 0 Å². The molecule has 1 rings (SSSR count). The van der Waals surface area contributed by atoms with Gasteiger partial charge in [-0.25, -0.2) is 13.8 Å². The Morgan fingerprint density at radius 2 is 1.91 bits per heavy atom. The third-order valence-corrected chi connectivity index (χ3v) is 1.84. The molecule has 0 radical (unpaired) electrons. The highest BCUT2D eigenvalue weighted by Gasteiger charge is 2.33. The average Bonchev–Trinajstić information content (AvgIpc) is 1.94. The summed E-state index contributed by atoms with van der Waals surface area (Å²) in [5, 5.41) is 1.70. The van der Waals surface area contributed by atoms with Crippen molar-refractivity contribution in [3.63, 3.8) is 0 Å². The topological polar surface area (TPSA) is 15.3 Å². The molecule has 1 N–H and O–H groups in total. The molecule has 0 aromatic rings. The van der Waals surface area contributed by atoms with Crippen LogP contribution in [0, 0.1) is 0 Å². The van der Waals surface area contributed by atoms with Gasteiger partial charge in [0.25, 0.3) is 5.92 Å². The van der Waals surface area contributed by atoms with Crippen LogP contribution in [-0.2, 0) is 0 Å². The third kappa shape index (κ3) is 2.67. The van der Waals surface area contributed by atoms with Crippen LogP contribution in [-0.4, -0.2) is 29.5 Å². The fourth-order valence-electron chi connectivity index (χ4n) is 1.04. The Labute approximate surface area is 69.5 Å². The van der Waals surface area contributed by atoms with Crippen molar-refractivity contribution >= 4 is 17.7 Å². The molecule has 1 fully saturated rings. The van der Waals surface area contributed by atoms with Crippen LogP contribution in [0.5, 0.6) is 0 Å². The lowest BCUT2D eigenvalue weighted by Crippen LogP contribution is -2.46. The molecular weight excluding hydrogens is 170 g/mol. The van der Waals surface area contributed by atoms with Gasteiger partial charge >= 0.3 is 0 Å². The molecule has 0 aromatic carbocycles. The van der Waals surface area contributed by atoms with E-state index in [9.17, 15) is 8.78 Å². The molecule has 5 heteroatoms. The lowest BCUT2D eigenvalue weighted by molar-refractivity contribution is -0.0600. The van der Waals surface area contributed by atoms with Crippen LogP contribution in [0.15, 0.2) is 0 Å². The highest BCUT2D eigenvalue weighted by atomic mass is 32.1. The number of thiocarbonyl (C=S) groups is 1. The summed E-state index contributed by atoms with van der Waals surface area (Å²) >= 11 is 4.52. The standard InChI is InChI=1S/C6H10F2N2S/c7-6(8)1-3-10(4-2-6)9-5-11/h5H,1-4H2,(H,9,11). The maximum absolute atomic E-state index is 12.5. The van der Waals surface area contributed by atoms with Crippen LogP contribution in [0.1, 0.15) is 12.8 Å². The van der Waals surface area contributed by atoms with Crippen molar-refractivity contribution in [2.75, 3.05) is 13.1 Å². The fourth-order valence-corrected chi connectivity index (χ4v) is 1.19. The maximum Gasteiger partial charge on any atom is 0.250 e. The van der Waals surface area contributed by atoms with Gasteiger partial charge in [0.05, 0.1) is 5.49 Å². The molecule has 0 saturated carbocycles. The van der Waals surface area contributed by atoms with Gasteiger partial charge in [0.15, 0.2) is 0 Å². The van der Waals surface area contributed by atoms with Gasteiger partial charge in [0.2, 0.25) is 0 Å². The molecular formula is C6H10F2N2S. The lowest BCUT2D eigenvalue weighted by Gasteiger charge is -2.30. The first-order valence-electron chi connectivity index (χ1n) is 3.47. The molecule has 0 bridgehead atoms. The van der Waals surface area contributed by atoms with Crippen molar-refractivity contribution in [2.24, 2.45) is 0 Å². The van der Waals surface area contributed by atoms with E-state index in [0.717, 1.165) is 0 Å². The van der Waals surface area contributed by atoms with E-state index in [4.69, 9.17) is 0 Å². The van der Waals surface area contributed by atoms with E-state index in [1.807, 2.05) is 0 Å². The number of hydrogen-bond acceptors (Lipinski definition) is 2. The summed E-state index contributed by atoms with van der Waals surface area (Å²) in [6.45, 7) is 0.723. The van der Waals surface area contributed by atoms with E-state index < -0.39 is 5.92 Å². The highest BCUT2D eigenvalue weighted by Crippen LogP contribution is 2.26. The average molecular weight is 180 g/mol. The van der Waals surface area contributed by atoms with Crippen molar-refractivity contribution < 1.29 is 8.78 Å². The first-order valence-corrected chi connectivity index (χ1v) is 3.94. The smallest absolute Gasteiger partial charge is 0.250 e. The zero-order valence-corrected chi connectivity index (χ0v) is 6.83. The Hall–Kier alpha value is -0.290. The zero-order chi connectivity index (χ0) is 8.32. The number of nitrogens with one attached hydrogen (secondary N) is 1. The number of rotatable bonds is 2. The largest absolute Gasteiger partial charge is 0.315 e. The quantitative estimate of drug-likeness (QED) is 0.642. The van der Waals surface area contributed by atoms with Crippen molar-refractivity contribution in [3.8, 4) is 0 Å². The van der Waals surface area contributed by atoms with Gasteiger partial charge in [0, 0.05) is 25.9 Å². The molecule has 0 aliphatic carbocycles. The molecule has 64 valence electrons. The highest BCUT2D eigenvalue weighted by molar-refractivity contribution is 7.78. The number of halogens is 2. The Bertz CT molecular complexity index is 142. The van der Waals surface area contributed by atoms with Crippen molar-refractivity contribution in [3.05, 3.63) is 0 Å². The van der Waals surface area contributed by atoms with Crippen LogP contribution in [0.2, 0.25) is 0 Å². The molecule has 0 amide bonds. The molecule has 2 nitrogen and oxygen atoms in total. The number of hydrazine groups is 1. The van der Waals surface area contributed by atoms with Crippen LogP contribution >= 0.6 is 12.2 Å². The molecule has 1 aliphatic rings. The molecule has 0 atom stereocenters. The van der Waals surface area contributed by atoms with Crippen molar-refractivity contribution in [1.82, 2.24) is 10.4 Å². The molecule has 0 spiro atoms. The predicted molar refractivity (Wildman–Crippen MR) is 42.5 cm³/mol. The first-order chi connectivity index (χ1) is 5.14. The summed E-state index contributed by atoms with van der Waals surface area (Å²) in [7, 11) is 0. The first kappa shape index (κ1) is 8.80. The van der Waals surface area contributed by atoms with Crippen molar-refractivity contribution in [1.29, 1.82) is 0 Å². The van der Waals surface area contributed by atoms with Gasteiger partial charge in [-0.3, -0.25) is 0 Å². The van der Waals surface area contributed by atoms with Crippen LogP contribution in [0.4, 0.5) is 8.78 Å². The molecule has 1 saturated heterocycles. The number of hydrogen-bond donors (Lipinski definition) is 1. The normalized spacial score (nSPS) is 24.5. The summed E-state index contributed by atoms with van der Waals surface area (Å²) < 4.78 is 25.1. The van der Waals surface area contributed by atoms with Crippen LogP contribution < -0.4 is 5.43 Å². The Morgan fingerprint density at radius 3 is 2.36 bits per heavy atom. The summed E-state index contributed by atoms with van der Waals surface area (Å²) in [6, 6.07) is 0. The second kappa shape index (κ2) is 3.40. The molecule has 1 aliphatic heterocycles. The SMILES string of the molecule is FC1(F)CCN(NC=S)CC1. The zero-order valence-electron chi connectivity index (χ0n) is 6.02. The van der Waals surface area contributed by atoms with E-state index in [-0.39, 0.29) is 12.8 Å². The lowest BCUT2D eigenvalue weighted by atomic mass is 10.1. The molecule has 0 unspecified atom stereocenters. The van der Waals surface area contributed by atoms with Gasteiger partial charge in [-0.2, -0.15) is 0 Å². The summed E-state index contributed by atoms with van der Waals surface area (Å²) in [4.78, 5) is 0. The van der Waals surface area contributed by atoms with Gasteiger partial charge in [-0.1, -0.05) is 12.2 Å². The third-order valence-electron chi connectivity index (χ3n) is 1.73. The van der Waals surface area contributed by atoms with Crippen LogP contribution in [0.25, 0.3) is 0 Å². The molecule has 1 heterocycles. The van der Waals surface area contributed by atoms with E-state index in [0.29, 0.717) is 13.1 Å². The van der Waals surface area contributed by atoms with Crippen molar-refractivity contribution in [2.45, 2.75) is 18.8 Å². The number of nitrogens with zero attached hydrogens (tertiary/aromatic N) is 1. The minimum atomic E-state index is -2.47. The number of piperidine rings is 1.